The Kier molecular flexibility index (Phi) is 3.58. The van der Waals surface area contributed by atoms with Gasteiger partial charge in [0.05, 0.1) is 0 Å². The van der Waals surface area contributed by atoms with E-state index in [2.05, 4.69) is 33.0 Å². The highest BCUT2D eigenvalue weighted by Crippen LogP contribution is 2.69. The molecule has 2 nitrogen and oxygen atoms in total. The molecule has 0 radical (unpaired) electrons. The molecular weight excluding hydrogens is 306 g/mol. The minimum atomic E-state index is -0.0121. The van der Waals surface area contributed by atoms with Gasteiger partial charge in [-0.2, -0.15) is 0 Å². The van der Waals surface area contributed by atoms with Crippen LogP contribution < -0.4 is 5.32 Å². The highest BCUT2D eigenvalue weighted by Gasteiger charge is 2.69. The van der Waals surface area contributed by atoms with Crippen LogP contribution in [0.2, 0.25) is 0 Å². The van der Waals surface area contributed by atoms with E-state index in [0.717, 1.165) is 23.7 Å². The van der Waals surface area contributed by atoms with E-state index in [4.69, 9.17) is 4.74 Å². The molecule has 0 aromatic heterocycles. The standard InChI is InChI=1S/C23H39NO/c1-20(2)24-15-23(25-20)14-11-19-17-9-8-16-7-5-6-12-21(16,3)18(17)10-13-22(19,23)4/h16-19,24H,5-15H2,1-4H3/p+1/t16-,17+,18-,19-,21+,22+,23+/m1/s1. The van der Waals surface area contributed by atoms with Gasteiger partial charge in [-0.1, -0.05) is 26.7 Å². The van der Waals surface area contributed by atoms with Crippen LogP contribution >= 0.6 is 0 Å². The Morgan fingerprint density at radius 3 is 2.36 bits per heavy atom. The van der Waals surface area contributed by atoms with E-state index in [0.29, 0.717) is 10.8 Å². The smallest absolute Gasteiger partial charge is 0.195 e. The maximum Gasteiger partial charge on any atom is 0.195 e. The van der Waals surface area contributed by atoms with E-state index in [9.17, 15) is 0 Å². The molecule has 5 fully saturated rings. The summed E-state index contributed by atoms with van der Waals surface area (Å²) < 4.78 is 6.83. The second-order valence-corrected chi connectivity index (χ2v) is 11.5. The Labute approximate surface area is 154 Å². The SMILES string of the molecule is CC1(C)[NH2+]C[C@]2(CC[C@@H]3[C@H]4CC[C@H]5CCCC[C@]5(C)[C@@H]4CC[C@@]32C)O1. The number of fused-ring (bicyclic) bond motifs is 6. The predicted octanol–water partition coefficient (Wildman–Crippen LogP) is 4.49. The van der Waals surface area contributed by atoms with Crippen molar-refractivity contribution in [3.63, 3.8) is 0 Å². The molecule has 25 heavy (non-hydrogen) atoms. The van der Waals surface area contributed by atoms with Crippen molar-refractivity contribution in [3.8, 4) is 0 Å². The van der Waals surface area contributed by atoms with Crippen molar-refractivity contribution in [3.05, 3.63) is 0 Å². The largest absolute Gasteiger partial charge is 0.317 e. The third-order valence-corrected chi connectivity index (χ3v) is 10.3. The van der Waals surface area contributed by atoms with Crippen LogP contribution in [0.25, 0.3) is 0 Å². The van der Waals surface area contributed by atoms with Gasteiger partial charge in [0.25, 0.3) is 0 Å². The fourth-order valence-corrected chi connectivity index (χ4v) is 8.89. The topological polar surface area (TPSA) is 25.8 Å². The summed E-state index contributed by atoms with van der Waals surface area (Å²) in [7, 11) is 0. The summed E-state index contributed by atoms with van der Waals surface area (Å²) in [5, 5.41) is 2.48. The van der Waals surface area contributed by atoms with E-state index in [-0.39, 0.29) is 11.3 Å². The molecule has 0 amide bonds. The summed E-state index contributed by atoms with van der Waals surface area (Å²) in [6.45, 7) is 11.1. The third-order valence-electron chi connectivity index (χ3n) is 10.3. The Hall–Kier alpha value is -0.0800. The van der Waals surface area contributed by atoms with Gasteiger partial charge in [-0.3, -0.25) is 0 Å². The number of nitrogens with two attached hydrogens (primary N) is 1. The Morgan fingerprint density at radius 2 is 1.60 bits per heavy atom. The fraction of sp³-hybridized carbons (Fsp3) is 1.00. The summed E-state index contributed by atoms with van der Waals surface area (Å²) in [4.78, 5) is 0. The van der Waals surface area contributed by atoms with Crippen LogP contribution in [-0.4, -0.2) is 17.9 Å². The molecule has 1 saturated heterocycles. The normalized spacial score (nSPS) is 57.1. The first-order chi connectivity index (χ1) is 11.8. The fourth-order valence-electron chi connectivity index (χ4n) is 8.89. The summed E-state index contributed by atoms with van der Waals surface area (Å²) >= 11 is 0. The molecule has 0 unspecified atom stereocenters. The van der Waals surface area contributed by atoms with E-state index >= 15 is 0 Å². The van der Waals surface area contributed by atoms with Gasteiger partial charge < -0.3 is 10.1 Å². The molecule has 4 aliphatic carbocycles. The first-order valence-corrected chi connectivity index (χ1v) is 11.3. The third kappa shape index (κ3) is 2.16. The van der Waals surface area contributed by atoms with E-state index in [1.54, 1.807) is 0 Å². The Bertz CT molecular complexity index is 558. The van der Waals surface area contributed by atoms with Crippen LogP contribution in [0.1, 0.15) is 91.9 Å². The maximum atomic E-state index is 6.83. The minimum absolute atomic E-state index is 0.0121. The quantitative estimate of drug-likeness (QED) is 0.687. The molecule has 1 heterocycles. The summed E-state index contributed by atoms with van der Waals surface area (Å²) in [5.41, 5.74) is 1.24. The monoisotopic (exact) mass is 346 g/mol. The molecule has 1 aliphatic heterocycles. The van der Waals surface area contributed by atoms with Gasteiger partial charge in [0.15, 0.2) is 5.72 Å². The zero-order valence-corrected chi connectivity index (χ0v) is 17.1. The highest BCUT2D eigenvalue weighted by atomic mass is 16.6. The molecule has 0 bridgehead atoms. The van der Waals surface area contributed by atoms with E-state index < -0.39 is 0 Å². The van der Waals surface area contributed by atoms with Crippen molar-refractivity contribution in [2.45, 2.75) is 103 Å². The molecule has 4 saturated carbocycles. The molecular formula is C23H40NO+. The summed E-state index contributed by atoms with van der Waals surface area (Å²) in [6, 6.07) is 0. The lowest BCUT2D eigenvalue weighted by Crippen LogP contribution is -2.92. The Balaban J connectivity index is 1.46. The van der Waals surface area contributed by atoms with Crippen LogP contribution in [-0.2, 0) is 4.74 Å². The molecule has 0 aromatic rings. The Morgan fingerprint density at radius 1 is 0.800 bits per heavy atom. The zero-order valence-electron chi connectivity index (χ0n) is 17.1. The first kappa shape index (κ1) is 17.0. The van der Waals surface area contributed by atoms with Crippen molar-refractivity contribution in [2.24, 2.45) is 34.5 Å². The van der Waals surface area contributed by atoms with Crippen LogP contribution in [0, 0.1) is 34.5 Å². The molecule has 2 heteroatoms. The molecule has 142 valence electrons. The van der Waals surface area contributed by atoms with Crippen molar-refractivity contribution < 1.29 is 10.1 Å². The molecule has 2 N–H and O–H groups in total. The highest BCUT2D eigenvalue weighted by molar-refractivity contribution is 5.15. The van der Waals surface area contributed by atoms with Crippen molar-refractivity contribution in [1.29, 1.82) is 0 Å². The van der Waals surface area contributed by atoms with Crippen LogP contribution in [0.5, 0.6) is 0 Å². The lowest BCUT2D eigenvalue weighted by atomic mass is 9.44. The molecule has 0 aromatic carbocycles. The van der Waals surface area contributed by atoms with E-state index in [1.807, 2.05) is 0 Å². The number of quaternary nitrogens is 1. The zero-order chi connectivity index (χ0) is 17.5. The van der Waals surface area contributed by atoms with Gasteiger partial charge >= 0.3 is 0 Å². The second kappa shape index (κ2) is 5.25. The lowest BCUT2D eigenvalue weighted by Gasteiger charge is -2.61. The summed E-state index contributed by atoms with van der Waals surface area (Å²) in [5.74, 6) is 3.97. The van der Waals surface area contributed by atoms with Crippen LogP contribution in [0.3, 0.4) is 0 Å². The number of rotatable bonds is 0. The number of ether oxygens (including phenoxy) is 1. The summed E-state index contributed by atoms with van der Waals surface area (Å²) in [6.07, 6.45) is 14.7. The molecule has 5 rings (SSSR count). The van der Waals surface area contributed by atoms with Gasteiger partial charge in [0.1, 0.15) is 12.1 Å². The molecule has 5 aliphatic rings. The van der Waals surface area contributed by atoms with Gasteiger partial charge in [-0.15, -0.1) is 0 Å². The minimum Gasteiger partial charge on any atom is -0.317 e. The van der Waals surface area contributed by atoms with Crippen LogP contribution in [0.15, 0.2) is 0 Å². The first-order valence-electron chi connectivity index (χ1n) is 11.3. The molecule has 7 atom stereocenters. The predicted molar refractivity (Wildman–Crippen MR) is 101 cm³/mol. The average Bonchev–Trinajstić information content (AvgIpc) is 3.04. The van der Waals surface area contributed by atoms with Crippen LogP contribution in [0.4, 0.5) is 0 Å². The average molecular weight is 347 g/mol. The van der Waals surface area contributed by atoms with Gasteiger partial charge in [-0.25, -0.2) is 0 Å². The van der Waals surface area contributed by atoms with Crippen molar-refractivity contribution >= 4 is 0 Å². The van der Waals surface area contributed by atoms with Gasteiger partial charge in [-0.05, 0) is 80.5 Å². The number of hydrogen-bond acceptors (Lipinski definition) is 1. The van der Waals surface area contributed by atoms with Gasteiger partial charge in [0.2, 0.25) is 0 Å². The lowest BCUT2D eigenvalue weighted by molar-refractivity contribution is -0.725. The second-order valence-electron chi connectivity index (χ2n) is 11.5. The van der Waals surface area contributed by atoms with Crippen molar-refractivity contribution in [2.75, 3.05) is 6.54 Å². The molecule has 1 spiro atoms. The maximum absolute atomic E-state index is 6.83. The van der Waals surface area contributed by atoms with E-state index in [1.165, 1.54) is 70.8 Å². The number of hydrogen-bond donors (Lipinski definition) is 1. The van der Waals surface area contributed by atoms with Gasteiger partial charge in [0, 0.05) is 19.3 Å². The van der Waals surface area contributed by atoms with Crippen molar-refractivity contribution in [1.82, 2.24) is 0 Å².